The first-order chi connectivity index (χ1) is 12.8. The third kappa shape index (κ3) is 2.91. The van der Waals surface area contributed by atoms with Gasteiger partial charge in [-0.1, -0.05) is 36.0 Å². The SMILES string of the molecule is Fc1ccccc1-c1nnc(SCc2nc3ccccc3s2)n1C1CC1. The number of hydrogen-bond acceptors (Lipinski definition) is 5. The van der Waals surface area contributed by atoms with Gasteiger partial charge in [0.05, 0.1) is 21.5 Å². The minimum absolute atomic E-state index is 0.260. The molecule has 2 aromatic carbocycles. The van der Waals surface area contributed by atoms with Gasteiger partial charge in [0.25, 0.3) is 0 Å². The van der Waals surface area contributed by atoms with Crippen molar-refractivity contribution in [1.29, 1.82) is 0 Å². The Balaban J connectivity index is 1.45. The largest absolute Gasteiger partial charge is 0.299 e. The van der Waals surface area contributed by atoms with E-state index in [0.29, 0.717) is 17.4 Å². The average molecular weight is 382 g/mol. The second-order valence-corrected chi connectivity index (χ2v) is 8.31. The molecule has 2 heterocycles. The van der Waals surface area contributed by atoms with Crippen LogP contribution in [0.5, 0.6) is 0 Å². The van der Waals surface area contributed by atoms with Gasteiger partial charge >= 0.3 is 0 Å². The second-order valence-electron chi connectivity index (χ2n) is 6.25. The lowest BCUT2D eigenvalue weighted by atomic mass is 10.2. The number of nitrogens with zero attached hydrogens (tertiary/aromatic N) is 4. The van der Waals surface area contributed by atoms with Gasteiger partial charge in [-0.3, -0.25) is 4.57 Å². The molecule has 7 heteroatoms. The van der Waals surface area contributed by atoms with Crippen molar-refractivity contribution in [3.8, 4) is 11.4 Å². The summed E-state index contributed by atoms with van der Waals surface area (Å²) in [5.41, 5.74) is 1.54. The maximum atomic E-state index is 14.2. The van der Waals surface area contributed by atoms with Crippen molar-refractivity contribution >= 4 is 33.3 Å². The Kier molecular flexibility index (Phi) is 3.98. The van der Waals surface area contributed by atoms with E-state index >= 15 is 0 Å². The molecule has 2 aromatic heterocycles. The smallest absolute Gasteiger partial charge is 0.192 e. The normalized spacial score (nSPS) is 14.2. The summed E-state index contributed by atoms with van der Waals surface area (Å²) >= 11 is 3.32. The Morgan fingerprint density at radius 3 is 2.69 bits per heavy atom. The van der Waals surface area contributed by atoms with Crippen LogP contribution in [0.25, 0.3) is 21.6 Å². The quantitative estimate of drug-likeness (QED) is 0.438. The van der Waals surface area contributed by atoms with Gasteiger partial charge in [-0.25, -0.2) is 9.37 Å². The zero-order valence-electron chi connectivity index (χ0n) is 13.8. The van der Waals surface area contributed by atoms with Gasteiger partial charge in [0.15, 0.2) is 11.0 Å². The molecule has 0 saturated heterocycles. The highest BCUT2D eigenvalue weighted by Crippen LogP contribution is 2.42. The van der Waals surface area contributed by atoms with E-state index in [9.17, 15) is 4.39 Å². The number of thioether (sulfide) groups is 1. The summed E-state index contributed by atoms with van der Waals surface area (Å²) in [5.74, 6) is 1.10. The van der Waals surface area contributed by atoms with Gasteiger partial charge in [-0.05, 0) is 37.1 Å². The molecular formula is C19H15FN4S2. The van der Waals surface area contributed by atoms with Crippen LogP contribution in [-0.4, -0.2) is 19.7 Å². The first kappa shape index (κ1) is 16.0. The Morgan fingerprint density at radius 1 is 1.08 bits per heavy atom. The molecule has 0 radical (unpaired) electrons. The van der Waals surface area contributed by atoms with E-state index in [0.717, 1.165) is 34.3 Å². The topological polar surface area (TPSA) is 43.6 Å². The lowest BCUT2D eigenvalue weighted by Gasteiger charge is -2.08. The van der Waals surface area contributed by atoms with Crippen LogP contribution < -0.4 is 0 Å². The Morgan fingerprint density at radius 2 is 1.88 bits per heavy atom. The minimum atomic E-state index is -0.260. The number of halogens is 1. The van der Waals surface area contributed by atoms with Gasteiger partial charge in [0.2, 0.25) is 0 Å². The van der Waals surface area contributed by atoms with Crippen LogP contribution in [0.2, 0.25) is 0 Å². The number of hydrogen-bond donors (Lipinski definition) is 0. The molecule has 0 atom stereocenters. The number of para-hydroxylation sites is 1. The van der Waals surface area contributed by atoms with Crippen molar-refractivity contribution in [2.24, 2.45) is 0 Å². The summed E-state index contributed by atoms with van der Waals surface area (Å²) in [7, 11) is 0. The summed E-state index contributed by atoms with van der Waals surface area (Å²) < 4.78 is 17.5. The molecular weight excluding hydrogens is 367 g/mol. The van der Waals surface area contributed by atoms with Gasteiger partial charge in [-0.15, -0.1) is 21.5 Å². The molecule has 0 unspecified atom stereocenters. The molecule has 130 valence electrons. The zero-order chi connectivity index (χ0) is 17.5. The highest BCUT2D eigenvalue weighted by Gasteiger charge is 2.31. The van der Waals surface area contributed by atoms with E-state index in [1.54, 1.807) is 35.2 Å². The lowest BCUT2D eigenvalue weighted by molar-refractivity contribution is 0.622. The van der Waals surface area contributed by atoms with Crippen LogP contribution in [0, 0.1) is 5.82 Å². The van der Waals surface area contributed by atoms with Gasteiger partial charge in [0.1, 0.15) is 10.8 Å². The van der Waals surface area contributed by atoms with Gasteiger partial charge in [0, 0.05) is 6.04 Å². The van der Waals surface area contributed by atoms with Crippen molar-refractivity contribution in [3.05, 3.63) is 59.4 Å². The van der Waals surface area contributed by atoms with Crippen LogP contribution in [0.3, 0.4) is 0 Å². The van der Waals surface area contributed by atoms with Crippen LogP contribution in [0.15, 0.2) is 53.7 Å². The lowest BCUT2D eigenvalue weighted by Crippen LogP contribution is -2.01. The van der Waals surface area contributed by atoms with Crippen molar-refractivity contribution in [3.63, 3.8) is 0 Å². The maximum absolute atomic E-state index is 14.2. The summed E-state index contributed by atoms with van der Waals surface area (Å²) in [5, 5.41) is 10.6. The van der Waals surface area contributed by atoms with Gasteiger partial charge in [-0.2, -0.15) is 0 Å². The highest BCUT2D eigenvalue weighted by atomic mass is 32.2. The first-order valence-electron chi connectivity index (χ1n) is 8.46. The maximum Gasteiger partial charge on any atom is 0.192 e. The van der Waals surface area contributed by atoms with Crippen LogP contribution in [0.1, 0.15) is 23.9 Å². The third-order valence-electron chi connectivity index (χ3n) is 4.35. The average Bonchev–Trinajstić information content (AvgIpc) is 3.27. The highest BCUT2D eigenvalue weighted by molar-refractivity contribution is 7.98. The third-order valence-corrected chi connectivity index (χ3v) is 6.53. The zero-order valence-corrected chi connectivity index (χ0v) is 15.4. The summed E-state index contributed by atoms with van der Waals surface area (Å²) in [6.07, 6.45) is 2.18. The Labute approximate surface area is 158 Å². The fourth-order valence-electron chi connectivity index (χ4n) is 2.97. The molecule has 5 rings (SSSR count). The van der Waals surface area contributed by atoms with Crippen molar-refractivity contribution in [2.75, 3.05) is 0 Å². The van der Waals surface area contributed by atoms with E-state index in [4.69, 9.17) is 0 Å². The van der Waals surface area contributed by atoms with Gasteiger partial charge < -0.3 is 0 Å². The molecule has 0 spiro atoms. The fourth-order valence-corrected chi connectivity index (χ4v) is 4.94. The number of aromatic nitrogens is 4. The predicted molar refractivity (Wildman–Crippen MR) is 103 cm³/mol. The standard InChI is InChI=1S/C19H15FN4S2/c20-14-6-2-1-5-13(14)18-22-23-19(24(18)12-9-10-12)25-11-17-21-15-7-3-4-8-16(15)26-17/h1-8,12H,9-11H2. The number of benzene rings is 2. The van der Waals surface area contributed by atoms with Crippen molar-refractivity contribution < 1.29 is 4.39 Å². The number of rotatable bonds is 5. The van der Waals surface area contributed by atoms with Crippen LogP contribution >= 0.6 is 23.1 Å². The first-order valence-corrected chi connectivity index (χ1v) is 10.3. The monoisotopic (exact) mass is 382 g/mol. The number of thiazole rings is 1. The Bertz CT molecular complexity index is 1050. The molecule has 26 heavy (non-hydrogen) atoms. The van der Waals surface area contributed by atoms with Crippen molar-refractivity contribution in [2.45, 2.75) is 29.8 Å². The van der Waals surface area contributed by atoms with E-state index in [2.05, 4.69) is 25.8 Å². The van der Waals surface area contributed by atoms with E-state index in [1.165, 1.54) is 10.8 Å². The molecule has 0 amide bonds. The summed E-state index contributed by atoms with van der Waals surface area (Å²) in [6.45, 7) is 0. The molecule has 4 nitrogen and oxygen atoms in total. The predicted octanol–water partition coefficient (Wildman–Crippen LogP) is 5.32. The molecule has 0 bridgehead atoms. The van der Waals surface area contributed by atoms with Crippen LogP contribution in [0.4, 0.5) is 4.39 Å². The molecule has 1 saturated carbocycles. The second kappa shape index (κ2) is 6.48. The molecule has 1 aliphatic carbocycles. The van der Waals surface area contributed by atoms with Crippen molar-refractivity contribution in [1.82, 2.24) is 19.7 Å². The molecule has 4 aromatic rings. The van der Waals surface area contributed by atoms with E-state index in [1.807, 2.05) is 24.3 Å². The molecule has 1 fully saturated rings. The summed E-state index contributed by atoms with van der Waals surface area (Å²) in [6, 6.07) is 15.3. The fraction of sp³-hybridized carbons (Fsp3) is 0.211. The molecule has 1 aliphatic rings. The molecule has 0 aliphatic heterocycles. The van der Waals surface area contributed by atoms with E-state index < -0.39 is 0 Å². The Hall–Kier alpha value is -2.25. The number of fused-ring (bicyclic) bond motifs is 1. The minimum Gasteiger partial charge on any atom is -0.299 e. The van der Waals surface area contributed by atoms with E-state index in [-0.39, 0.29) is 5.82 Å². The summed E-state index contributed by atoms with van der Waals surface area (Å²) in [4.78, 5) is 4.68. The molecule has 0 N–H and O–H groups in total. The van der Waals surface area contributed by atoms with Crippen LogP contribution in [-0.2, 0) is 5.75 Å².